The van der Waals surface area contributed by atoms with Crippen molar-refractivity contribution in [2.75, 3.05) is 0 Å². The third-order valence-electron chi connectivity index (χ3n) is 5.37. The summed E-state index contributed by atoms with van der Waals surface area (Å²) < 4.78 is 0. The highest BCUT2D eigenvalue weighted by Crippen LogP contribution is 2.32. The Kier molecular flexibility index (Phi) is 5.68. The number of hydrogen-bond donors (Lipinski definition) is 0. The molecule has 2 unspecified atom stereocenters. The van der Waals surface area contributed by atoms with Gasteiger partial charge in [0.1, 0.15) is 0 Å². The van der Waals surface area contributed by atoms with Gasteiger partial charge in [-0.3, -0.25) is 0 Å². The molecule has 0 aliphatic carbocycles. The molecular formula is C23H32. The molecule has 0 spiro atoms. The van der Waals surface area contributed by atoms with Crippen LogP contribution >= 0.6 is 0 Å². The molecule has 0 heteroatoms. The van der Waals surface area contributed by atoms with Crippen LogP contribution in [0.2, 0.25) is 0 Å². The Hall–Kier alpha value is -1.56. The van der Waals surface area contributed by atoms with E-state index in [1.54, 1.807) is 0 Å². The van der Waals surface area contributed by atoms with Gasteiger partial charge in [-0.05, 0) is 52.8 Å². The van der Waals surface area contributed by atoms with Gasteiger partial charge in [0.05, 0.1) is 0 Å². The van der Waals surface area contributed by atoms with Crippen molar-refractivity contribution < 1.29 is 0 Å². The van der Waals surface area contributed by atoms with Crippen molar-refractivity contribution in [3.8, 4) is 11.1 Å². The molecule has 0 heterocycles. The summed E-state index contributed by atoms with van der Waals surface area (Å²) in [4.78, 5) is 0. The van der Waals surface area contributed by atoms with Gasteiger partial charge in [0.25, 0.3) is 0 Å². The van der Waals surface area contributed by atoms with Crippen molar-refractivity contribution >= 4 is 0 Å². The van der Waals surface area contributed by atoms with Gasteiger partial charge in [0.2, 0.25) is 0 Å². The first-order valence-corrected chi connectivity index (χ1v) is 9.01. The molecule has 0 nitrogen and oxygen atoms in total. The summed E-state index contributed by atoms with van der Waals surface area (Å²) in [5.74, 6) is 2.51. The Bertz CT molecular complexity index is 649. The molecule has 0 bridgehead atoms. The molecule has 0 saturated carbocycles. The van der Waals surface area contributed by atoms with E-state index >= 15 is 0 Å². The van der Waals surface area contributed by atoms with Crippen LogP contribution in [0.3, 0.4) is 0 Å². The van der Waals surface area contributed by atoms with E-state index in [1.807, 2.05) is 0 Å². The maximum absolute atomic E-state index is 2.39. The van der Waals surface area contributed by atoms with Gasteiger partial charge in [-0.2, -0.15) is 0 Å². The minimum Gasteiger partial charge on any atom is -0.0622 e. The summed E-state index contributed by atoms with van der Waals surface area (Å²) in [6.07, 6.45) is 0. The van der Waals surface area contributed by atoms with Crippen LogP contribution in [0.4, 0.5) is 0 Å². The fourth-order valence-corrected chi connectivity index (χ4v) is 3.01. The molecule has 0 radical (unpaired) electrons. The van der Waals surface area contributed by atoms with E-state index in [9.17, 15) is 0 Å². The molecule has 0 saturated heterocycles. The molecule has 2 aromatic rings. The summed E-state index contributed by atoms with van der Waals surface area (Å²) in [6, 6.07) is 16.1. The first-order valence-electron chi connectivity index (χ1n) is 9.01. The third-order valence-corrected chi connectivity index (χ3v) is 5.37. The van der Waals surface area contributed by atoms with Gasteiger partial charge in [-0.1, -0.05) is 89.6 Å². The number of aryl methyl sites for hydroxylation is 1. The molecule has 2 atom stereocenters. The fraction of sp³-hybridized carbons (Fsp3) is 0.478. The molecule has 23 heavy (non-hydrogen) atoms. The zero-order chi connectivity index (χ0) is 17.1. The van der Waals surface area contributed by atoms with E-state index in [4.69, 9.17) is 0 Å². The molecule has 2 rings (SSSR count). The van der Waals surface area contributed by atoms with E-state index < -0.39 is 0 Å². The lowest BCUT2D eigenvalue weighted by Gasteiger charge is -2.19. The zero-order valence-electron chi connectivity index (χ0n) is 15.9. The summed E-state index contributed by atoms with van der Waals surface area (Å²) in [5.41, 5.74) is 6.95. The second-order valence-electron chi connectivity index (χ2n) is 7.82. The van der Waals surface area contributed by atoms with E-state index in [0.29, 0.717) is 23.7 Å². The van der Waals surface area contributed by atoms with Crippen LogP contribution in [-0.2, 0) is 0 Å². The average molecular weight is 309 g/mol. The van der Waals surface area contributed by atoms with Crippen molar-refractivity contribution in [1.29, 1.82) is 0 Å². The molecule has 0 aromatic heterocycles. The Morgan fingerprint density at radius 1 is 0.609 bits per heavy atom. The van der Waals surface area contributed by atoms with Gasteiger partial charge in [0, 0.05) is 0 Å². The average Bonchev–Trinajstić information content (AvgIpc) is 2.52. The maximum Gasteiger partial charge on any atom is -0.0167 e. The lowest BCUT2D eigenvalue weighted by Crippen LogP contribution is -2.03. The highest BCUT2D eigenvalue weighted by molar-refractivity contribution is 5.66. The highest BCUT2D eigenvalue weighted by Gasteiger charge is 2.13. The SMILES string of the molecule is Cc1cc(-c2cccc(C(C)C(C)C)c2)cc(C(C)C(C)C)c1. The van der Waals surface area contributed by atoms with Gasteiger partial charge < -0.3 is 0 Å². The summed E-state index contributed by atoms with van der Waals surface area (Å²) >= 11 is 0. The summed E-state index contributed by atoms with van der Waals surface area (Å²) in [6.45, 7) is 16.1. The van der Waals surface area contributed by atoms with E-state index in [-0.39, 0.29) is 0 Å². The Morgan fingerprint density at radius 2 is 1.17 bits per heavy atom. The molecule has 0 fully saturated rings. The number of benzene rings is 2. The Balaban J connectivity index is 2.44. The van der Waals surface area contributed by atoms with Crippen LogP contribution in [0, 0.1) is 18.8 Å². The smallest absolute Gasteiger partial charge is 0.0167 e. The zero-order valence-corrected chi connectivity index (χ0v) is 15.9. The van der Waals surface area contributed by atoms with Crippen molar-refractivity contribution in [2.24, 2.45) is 11.8 Å². The first-order chi connectivity index (χ1) is 10.8. The molecule has 0 amide bonds. The minimum atomic E-state index is 0.589. The van der Waals surface area contributed by atoms with Crippen molar-refractivity contribution in [1.82, 2.24) is 0 Å². The van der Waals surface area contributed by atoms with Crippen LogP contribution in [0.25, 0.3) is 11.1 Å². The normalized spacial score (nSPS) is 14.3. The van der Waals surface area contributed by atoms with E-state index in [2.05, 4.69) is 90.9 Å². The van der Waals surface area contributed by atoms with Crippen LogP contribution < -0.4 is 0 Å². The van der Waals surface area contributed by atoms with Gasteiger partial charge >= 0.3 is 0 Å². The van der Waals surface area contributed by atoms with Crippen molar-refractivity contribution in [3.63, 3.8) is 0 Å². The lowest BCUT2D eigenvalue weighted by atomic mass is 9.86. The third kappa shape index (κ3) is 4.25. The predicted molar refractivity (Wildman–Crippen MR) is 103 cm³/mol. The molecule has 124 valence electrons. The van der Waals surface area contributed by atoms with Gasteiger partial charge in [-0.25, -0.2) is 0 Å². The Morgan fingerprint density at radius 3 is 1.78 bits per heavy atom. The largest absolute Gasteiger partial charge is 0.0622 e. The van der Waals surface area contributed by atoms with Gasteiger partial charge in [0.15, 0.2) is 0 Å². The summed E-state index contributed by atoms with van der Waals surface area (Å²) in [7, 11) is 0. The molecule has 0 N–H and O–H groups in total. The fourth-order valence-electron chi connectivity index (χ4n) is 3.01. The minimum absolute atomic E-state index is 0.589. The highest BCUT2D eigenvalue weighted by atomic mass is 14.2. The van der Waals surface area contributed by atoms with Crippen LogP contribution in [0.15, 0.2) is 42.5 Å². The topological polar surface area (TPSA) is 0 Å². The molecule has 0 aliphatic rings. The van der Waals surface area contributed by atoms with Gasteiger partial charge in [-0.15, -0.1) is 0 Å². The van der Waals surface area contributed by atoms with E-state index in [0.717, 1.165) is 0 Å². The Labute approximate surface area is 143 Å². The van der Waals surface area contributed by atoms with Crippen molar-refractivity contribution in [2.45, 2.75) is 60.3 Å². The monoisotopic (exact) mass is 308 g/mol. The first kappa shape index (κ1) is 17.8. The second-order valence-corrected chi connectivity index (χ2v) is 7.82. The number of hydrogen-bond acceptors (Lipinski definition) is 0. The van der Waals surface area contributed by atoms with Crippen LogP contribution in [-0.4, -0.2) is 0 Å². The maximum atomic E-state index is 2.39. The lowest BCUT2D eigenvalue weighted by molar-refractivity contribution is 0.534. The molecular weight excluding hydrogens is 276 g/mol. The van der Waals surface area contributed by atoms with Crippen molar-refractivity contribution in [3.05, 3.63) is 59.2 Å². The molecule has 0 aliphatic heterocycles. The summed E-state index contributed by atoms with van der Waals surface area (Å²) in [5, 5.41) is 0. The quantitative estimate of drug-likeness (QED) is 0.548. The predicted octanol–water partition coefficient (Wildman–Crippen LogP) is 7.18. The number of rotatable bonds is 5. The second kappa shape index (κ2) is 7.34. The van der Waals surface area contributed by atoms with Crippen LogP contribution in [0.5, 0.6) is 0 Å². The van der Waals surface area contributed by atoms with Crippen LogP contribution in [0.1, 0.15) is 70.1 Å². The molecule has 2 aromatic carbocycles. The standard InChI is InChI=1S/C23H32/c1-15(2)18(6)20-9-8-10-21(13-20)23-12-17(5)11-22(14-23)19(7)16(3)4/h8-16,18-19H,1-7H3. The van der Waals surface area contributed by atoms with E-state index in [1.165, 1.54) is 27.8 Å².